The second-order valence-corrected chi connectivity index (χ2v) is 7.76. The number of carbonyl (C=O) groups is 1. The molecule has 0 bridgehead atoms. The van der Waals surface area contributed by atoms with Crippen LogP contribution in [0.1, 0.15) is 22.3 Å². The molecule has 0 radical (unpaired) electrons. The average Bonchev–Trinajstić information content (AvgIpc) is 3.14. The molecule has 2 aromatic rings. The van der Waals surface area contributed by atoms with Crippen molar-refractivity contribution in [1.82, 2.24) is 15.4 Å². The van der Waals surface area contributed by atoms with Gasteiger partial charge in [-0.15, -0.1) is 12.4 Å². The van der Waals surface area contributed by atoms with Crippen LogP contribution in [0.2, 0.25) is 0 Å². The Bertz CT molecular complexity index is 821. The lowest BCUT2D eigenvalue weighted by Crippen LogP contribution is -2.36. The fraction of sp³-hybridized carbons (Fsp3) is 0.278. The van der Waals surface area contributed by atoms with E-state index in [0.29, 0.717) is 5.56 Å². The second kappa shape index (κ2) is 9.14. The molecule has 3 rings (SSSR count). The van der Waals surface area contributed by atoms with E-state index in [1.54, 1.807) is 0 Å². The minimum atomic E-state index is -3.62. The van der Waals surface area contributed by atoms with Crippen molar-refractivity contribution in [3.63, 3.8) is 0 Å². The van der Waals surface area contributed by atoms with Crippen molar-refractivity contribution in [3.8, 4) is 0 Å². The lowest BCUT2D eigenvalue weighted by molar-refractivity contribution is 0.0940. The Kier molecular flexibility index (Phi) is 7.16. The van der Waals surface area contributed by atoms with Gasteiger partial charge in [0.15, 0.2) is 0 Å². The predicted octanol–water partition coefficient (Wildman–Crippen LogP) is 1.68. The molecule has 26 heavy (non-hydrogen) atoms. The molecule has 1 aliphatic rings. The highest BCUT2D eigenvalue weighted by Gasteiger charge is 2.18. The van der Waals surface area contributed by atoms with E-state index in [2.05, 4.69) is 15.4 Å². The van der Waals surface area contributed by atoms with Crippen LogP contribution in [0.25, 0.3) is 0 Å². The summed E-state index contributed by atoms with van der Waals surface area (Å²) < 4.78 is 27.3. The van der Waals surface area contributed by atoms with Crippen LogP contribution in [0.15, 0.2) is 59.5 Å². The van der Waals surface area contributed by atoms with Gasteiger partial charge in [-0.05, 0) is 42.8 Å². The Hall–Kier alpha value is -1.93. The van der Waals surface area contributed by atoms with Gasteiger partial charge in [-0.1, -0.05) is 30.3 Å². The van der Waals surface area contributed by atoms with E-state index < -0.39 is 10.0 Å². The molecule has 1 saturated heterocycles. The SMILES string of the molecule is Cl.O=C(N[C@@H]1CCNC1)c1ccc(S(=O)(=O)NCc2ccccc2)cc1. The van der Waals surface area contributed by atoms with Crippen molar-refractivity contribution >= 4 is 28.3 Å². The molecule has 6 nitrogen and oxygen atoms in total. The maximum Gasteiger partial charge on any atom is 0.251 e. The molecular weight excluding hydrogens is 374 g/mol. The summed E-state index contributed by atoms with van der Waals surface area (Å²) in [6.07, 6.45) is 0.904. The fourth-order valence-corrected chi connectivity index (χ4v) is 3.71. The van der Waals surface area contributed by atoms with E-state index >= 15 is 0 Å². The number of hydrogen-bond donors (Lipinski definition) is 3. The van der Waals surface area contributed by atoms with Gasteiger partial charge < -0.3 is 10.6 Å². The van der Waals surface area contributed by atoms with Crippen molar-refractivity contribution in [1.29, 1.82) is 0 Å². The number of amides is 1. The van der Waals surface area contributed by atoms with Gasteiger partial charge in [0, 0.05) is 24.7 Å². The molecule has 1 atom stereocenters. The normalized spacial score (nSPS) is 16.7. The molecule has 0 saturated carbocycles. The zero-order chi connectivity index (χ0) is 17.7. The van der Waals surface area contributed by atoms with E-state index in [9.17, 15) is 13.2 Å². The molecule has 0 aromatic heterocycles. The van der Waals surface area contributed by atoms with Crippen molar-refractivity contribution in [2.24, 2.45) is 0 Å². The van der Waals surface area contributed by atoms with Gasteiger partial charge in [-0.25, -0.2) is 13.1 Å². The zero-order valence-electron chi connectivity index (χ0n) is 14.1. The monoisotopic (exact) mass is 395 g/mol. The highest BCUT2D eigenvalue weighted by atomic mass is 35.5. The summed E-state index contributed by atoms with van der Waals surface area (Å²) in [5, 5.41) is 6.12. The number of halogens is 1. The lowest BCUT2D eigenvalue weighted by atomic mass is 10.2. The summed E-state index contributed by atoms with van der Waals surface area (Å²) in [4.78, 5) is 12.3. The van der Waals surface area contributed by atoms with Gasteiger partial charge in [0.2, 0.25) is 10.0 Å². The number of hydrogen-bond acceptors (Lipinski definition) is 4. The number of sulfonamides is 1. The first-order chi connectivity index (χ1) is 12.0. The van der Waals surface area contributed by atoms with Crippen LogP contribution in [0, 0.1) is 0 Å². The molecule has 0 spiro atoms. The highest BCUT2D eigenvalue weighted by Crippen LogP contribution is 2.12. The quantitative estimate of drug-likeness (QED) is 0.694. The molecule has 1 aliphatic heterocycles. The largest absolute Gasteiger partial charge is 0.348 e. The third kappa shape index (κ3) is 5.28. The van der Waals surface area contributed by atoms with Crippen LogP contribution >= 0.6 is 12.4 Å². The second-order valence-electron chi connectivity index (χ2n) is 6.00. The molecule has 8 heteroatoms. The summed E-state index contributed by atoms with van der Waals surface area (Å²) in [7, 11) is -3.62. The van der Waals surface area contributed by atoms with Crippen molar-refractivity contribution in [2.75, 3.05) is 13.1 Å². The van der Waals surface area contributed by atoms with Crippen molar-refractivity contribution in [2.45, 2.75) is 23.9 Å². The van der Waals surface area contributed by atoms with E-state index in [1.807, 2.05) is 30.3 Å². The highest BCUT2D eigenvalue weighted by molar-refractivity contribution is 7.89. The number of carbonyl (C=O) groups excluding carboxylic acids is 1. The Balaban J connectivity index is 0.00000243. The standard InChI is InChI=1S/C18H21N3O3S.ClH/c22-18(21-16-10-11-19-13-16)15-6-8-17(9-7-15)25(23,24)20-12-14-4-2-1-3-5-14;/h1-9,16,19-20H,10-13H2,(H,21,22);1H/t16-;/m1./s1. The Morgan fingerprint density at radius 1 is 1.08 bits per heavy atom. The van der Waals surface area contributed by atoms with Crippen molar-refractivity contribution < 1.29 is 13.2 Å². The molecule has 0 aliphatic carbocycles. The maximum atomic E-state index is 12.3. The zero-order valence-corrected chi connectivity index (χ0v) is 15.8. The molecule has 3 N–H and O–H groups in total. The summed E-state index contributed by atoms with van der Waals surface area (Å²) >= 11 is 0. The number of rotatable bonds is 6. The minimum Gasteiger partial charge on any atom is -0.348 e. The van der Waals surface area contributed by atoms with Crippen molar-refractivity contribution in [3.05, 3.63) is 65.7 Å². The van der Waals surface area contributed by atoms with Gasteiger partial charge in [-0.2, -0.15) is 0 Å². The first-order valence-corrected chi connectivity index (χ1v) is 9.68. The van der Waals surface area contributed by atoms with Crippen LogP contribution in [-0.4, -0.2) is 33.5 Å². The molecule has 2 aromatic carbocycles. The van der Waals surface area contributed by atoms with E-state index in [0.717, 1.165) is 25.1 Å². The smallest absolute Gasteiger partial charge is 0.251 e. The fourth-order valence-electron chi connectivity index (χ4n) is 2.69. The molecule has 140 valence electrons. The molecular formula is C18H22ClN3O3S. The molecule has 0 unspecified atom stereocenters. The summed E-state index contributed by atoms with van der Waals surface area (Å²) in [6.45, 7) is 1.89. The summed E-state index contributed by atoms with van der Waals surface area (Å²) in [5.41, 5.74) is 1.33. The summed E-state index contributed by atoms with van der Waals surface area (Å²) in [6, 6.07) is 15.4. The van der Waals surface area contributed by atoms with Gasteiger partial charge in [0.25, 0.3) is 5.91 Å². The summed E-state index contributed by atoms with van der Waals surface area (Å²) in [5.74, 6) is -0.185. The van der Waals surface area contributed by atoms with Gasteiger partial charge >= 0.3 is 0 Å². The Labute approximate surface area is 159 Å². The molecule has 1 heterocycles. The van der Waals surface area contributed by atoms with Gasteiger partial charge in [0.1, 0.15) is 0 Å². The van der Waals surface area contributed by atoms with E-state index in [-0.39, 0.29) is 35.8 Å². The lowest BCUT2D eigenvalue weighted by Gasteiger charge is -2.12. The Morgan fingerprint density at radius 2 is 1.77 bits per heavy atom. The minimum absolute atomic E-state index is 0. The van der Waals surface area contributed by atoms with Gasteiger partial charge in [0.05, 0.1) is 4.90 Å². The third-order valence-corrected chi connectivity index (χ3v) is 5.55. The van der Waals surface area contributed by atoms with Crippen LogP contribution < -0.4 is 15.4 Å². The first-order valence-electron chi connectivity index (χ1n) is 8.20. The Morgan fingerprint density at radius 3 is 2.38 bits per heavy atom. The number of benzene rings is 2. The number of nitrogens with one attached hydrogen (secondary N) is 3. The van der Waals surface area contributed by atoms with Gasteiger partial charge in [-0.3, -0.25) is 4.79 Å². The van der Waals surface area contributed by atoms with E-state index in [4.69, 9.17) is 0 Å². The van der Waals surface area contributed by atoms with Crippen LogP contribution in [0.4, 0.5) is 0 Å². The maximum absolute atomic E-state index is 12.3. The van der Waals surface area contributed by atoms with Crippen LogP contribution in [0.3, 0.4) is 0 Å². The van der Waals surface area contributed by atoms with Crippen LogP contribution in [-0.2, 0) is 16.6 Å². The van der Waals surface area contributed by atoms with E-state index in [1.165, 1.54) is 24.3 Å². The topological polar surface area (TPSA) is 87.3 Å². The predicted molar refractivity (Wildman–Crippen MR) is 103 cm³/mol. The van der Waals surface area contributed by atoms with Crippen LogP contribution in [0.5, 0.6) is 0 Å². The first kappa shape index (κ1) is 20.4. The molecule has 1 amide bonds. The molecule has 1 fully saturated rings. The average molecular weight is 396 g/mol. The third-order valence-electron chi connectivity index (χ3n) is 4.13.